The summed E-state index contributed by atoms with van der Waals surface area (Å²) in [6.07, 6.45) is 6.55. The van der Waals surface area contributed by atoms with Crippen molar-refractivity contribution in [2.45, 2.75) is 25.9 Å². The monoisotopic (exact) mass is 467 g/mol. The van der Waals surface area contributed by atoms with Crippen molar-refractivity contribution >= 4 is 16.8 Å². The van der Waals surface area contributed by atoms with Crippen LogP contribution in [0.15, 0.2) is 79.1 Å². The van der Waals surface area contributed by atoms with E-state index in [4.69, 9.17) is 9.47 Å². The van der Waals surface area contributed by atoms with Gasteiger partial charge in [0.05, 0.1) is 18.3 Å². The fourth-order valence-corrected chi connectivity index (χ4v) is 4.72. The van der Waals surface area contributed by atoms with E-state index in [0.29, 0.717) is 29.6 Å². The van der Waals surface area contributed by atoms with Crippen LogP contribution in [0.3, 0.4) is 0 Å². The molecule has 2 aromatic carbocycles. The van der Waals surface area contributed by atoms with Crippen LogP contribution in [-0.4, -0.2) is 41.0 Å². The number of benzene rings is 2. The minimum atomic E-state index is 0.0323. The largest absolute Gasteiger partial charge is 0.493 e. The Bertz CT molecular complexity index is 1300. The molecule has 5 rings (SSSR count). The molecule has 1 amide bonds. The lowest BCUT2D eigenvalue weighted by Crippen LogP contribution is -2.38. The van der Waals surface area contributed by atoms with Gasteiger partial charge in [0, 0.05) is 36.4 Å². The Morgan fingerprint density at radius 1 is 0.943 bits per heavy atom. The number of hydrogen-bond acceptors (Lipinski definition) is 5. The number of piperidine rings is 1. The average Bonchev–Trinajstić information content (AvgIpc) is 2.92. The highest BCUT2D eigenvalue weighted by Crippen LogP contribution is 2.31. The Kier molecular flexibility index (Phi) is 6.89. The van der Waals surface area contributed by atoms with E-state index in [1.807, 2.05) is 41.4 Å². The van der Waals surface area contributed by atoms with E-state index < -0.39 is 0 Å². The number of carbonyl (C=O) groups is 1. The predicted octanol–water partition coefficient (Wildman–Crippen LogP) is 5.31. The summed E-state index contributed by atoms with van der Waals surface area (Å²) in [5, 5.41) is 1.18. The van der Waals surface area contributed by atoms with Crippen molar-refractivity contribution in [3.05, 3.63) is 95.9 Å². The summed E-state index contributed by atoms with van der Waals surface area (Å²) in [5.41, 5.74) is 3.82. The third kappa shape index (κ3) is 5.27. The van der Waals surface area contributed by atoms with Crippen molar-refractivity contribution in [1.29, 1.82) is 0 Å². The van der Waals surface area contributed by atoms with Crippen molar-refractivity contribution in [1.82, 2.24) is 14.9 Å². The summed E-state index contributed by atoms with van der Waals surface area (Å²) in [7, 11) is 1.59. The first kappa shape index (κ1) is 22.8. The number of hydrogen-bond donors (Lipinski definition) is 0. The van der Waals surface area contributed by atoms with Gasteiger partial charge in [0.25, 0.3) is 5.91 Å². The number of aromatic nitrogens is 2. The molecule has 0 radical (unpaired) electrons. The number of methoxy groups -OCH3 is 1. The van der Waals surface area contributed by atoms with Gasteiger partial charge in [-0.15, -0.1) is 0 Å². The molecule has 4 aromatic rings. The van der Waals surface area contributed by atoms with E-state index in [1.165, 1.54) is 10.9 Å². The highest BCUT2D eigenvalue weighted by Gasteiger charge is 2.25. The topological polar surface area (TPSA) is 64.5 Å². The molecule has 1 aliphatic rings. The third-order valence-corrected chi connectivity index (χ3v) is 6.64. The standard InChI is InChI=1S/C29H29N3O3/c1-34-27-19-24(10-11-26(27)35-20-25-9-2-3-14-30-25)29(33)32-16-12-21(13-17-32)18-23-7-4-6-22-8-5-15-31-28(22)23/h2-11,14-15,19,21H,12-13,16-18,20H2,1H3. The molecule has 1 aliphatic heterocycles. The van der Waals surface area contributed by atoms with Gasteiger partial charge in [-0.25, -0.2) is 0 Å². The SMILES string of the molecule is COc1cc(C(=O)N2CCC(Cc3cccc4cccnc34)CC2)ccc1OCc1ccccn1. The lowest BCUT2D eigenvalue weighted by Gasteiger charge is -2.32. The summed E-state index contributed by atoms with van der Waals surface area (Å²) >= 11 is 0. The van der Waals surface area contributed by atoms with Crippen LogP contribution >= 0.6 is 0 Å². The number of para-hydroxylation sites is 1. The zero-order valence-electron chi connectivity index (χ0n) is 19.9. The van der Waals surface area contributed by atoms with Gasteiger partial charge < -0.3 is 14.4 Å². The molecule has 3 heterocycles. The number of nitrogens with zero attached hydrogens (tertiary/aromatic N) is 3. The van der Waals surface area contributed by atoms with Crippen molar-refractivity contribution < 1.29 is 14.3 Å². The van der Waals surface area contributed by atoms with Gasteiger partial charge in [0.2, 0.25) is 0 Å². The van der Waals surface area contributed by atoms with Gasteiger partial charge in [-0.3, -0.25) is 14.8 Å². The highest BCUT2D eigenvalue weighted by atomic mass is 16.5. The van der Waals surface area contributed by atoms with Crippen molar-refractivity contribution in [3.8, 4) is 11.5 Å². The first-order valence-corrected chi connectivity index (χ1v) is 12.0. The third-order valence-electron chi connectivity index (χ3n) is 6.64. The van der Waals surface area contributed by atoms with Crippen molar-refractivity contribution in [2.24, 2.45) is 5.92 Å². The molecule has 1 saturated heterocycles. The number of amides is 1. The molecule has 0 spiro atoms. The van der Waals surface area contributed by atoms with E-state index in [1.54, 1.807) is 25.4 Å². The van der Waals surface area contributed by atoms with Crippen LogP contribution < -0.4 is 9.47 Å². The van der Waals surface area contributed by atoms with E-state index in [2.05, 4.69) is 34.2 Å². The summed E-state index contributed by atoms with van der Waals surface area (Å²) in [6, 6.07) is 21.6. The normalized spacial score (nSPS) is 14.1. The van der Waals surface area contributed by atoms with Crippen LogP contribution in [0.4, 0.5) is 0 Å². The van der Waals surface area contributed by atoms with E-state index >= 15 is 0 Å². The van der Waals surface area contributed by atoms with Gasteiger partial charge in [-0.05, 0) is 67.1 Å². The number of ether oxygens (including phenoxy) is 2. The van der Waals surface area contributed by atoms with Crippen LogP contribution in [0.2, 0.25) is 0 Å². The lowest BCUT2D eigenvalue weighted by molar-refractivity contribution is 0.0690. The Labute approximate surface area is 205 Å². The molecule has 6 nitrogen and oxygen atoms in total. The second kappa shape index (κ2) is 10.6. The van der Waals surface area contributed by atoms with E-state index in [9.17, 15) is 4.79 Å². The fourth-order valence-electron chi connectivity index (χ4n) is 4.72. The summed E-state index contributed by atoms with van der Waals surface area (Å²) < 4.78 is 11.4. The van der Waals surface area contributed by atoms with Crippen molar-refractivity contribution in [3.63, 3.8) is 0 Å². The summed E-state index contributed by atoms with van der Waals surface area (Å²) in [4.78, 5) is 24.0. The molecule has 2 aromatic heterocycles. The molecule has 0 bridgehead atoms. The smallest absolute Gasteiger partial charge is 0.253 e. The van der Waals surface area contributed by atoms with Crippen LogP contribution in [-0.2, 0) is 13.0 Å². The molecular formula is C29H29N3O3. The second-order valence-corrected chi connectivity index (χ2v) is 8.91. The number of pyridine rings is 2. The van der Waals surface area contributed by atoms with Gasteiger partial charge in [-0.2, -0.15) is 0 Å². The van der Waals surface area contributed by atoms with E-state index in [-0.39, 0.29) is 5.91 Å². The molecule has 0 atom stereocenters. The van der Waals surface area contributed by atoms with Gasteiger partial charge >= 0.3 is 0 Å². The number of carbonyl (C=O) groups excluding carboxylic acids is 1. The Hall–Kier alpha value is -3.93. The molecule has 0 N–H and O–H groups in total. The van der Waals surface area contributed by atoms with E-state index in [0.717, 1.165) is 43.6 Å². The molecule has 1 fully saturated rings. The van der Waals surface area contributed by atoms with Gasteiger partial charge in [0.1, 0.15) is 6.61 Å². The Morgan fingerprint density at radius 3 is 2.57 bits per heavy atom. The maximum absolute atomic E-state index is 13.2. The Morgan fingerprint density at radius 2 is 1.77 bits per heavy atom. The van der Waals surface area contributed by atoms with Crippen molar-refractivity contribution in [2.75, 3.05) is 20.2 Å². The van der Waals surface area contributed by atoms with Crippen LogP contribution in [0.5, 0.6) is 11.5 Å². The minimum absolute atomic E-state index is 0.0323. The fraction of sp³-hybridized carbons (Fsp3) is 0.276. The molecule has 0 aliphatic carbocycles. The average molecular weight is 468 g/mol. The van der Waals surface area contributed by atoms with Gasteiger partial charge in [-0.1, -0.05) is 30.3 Å². The maximum atomic E-state index is 13.2. The van der Waals surface area contributed by atoms with Crippen LogP contribution in [0.1, 0.15) is 34.5 Å². The predicted molar refractivity (Wildman–Crippen MR) is 136 cm³/mol. The zero-order chi connectivity index (χ0) is 24.0. The summed E-state index contributed by atoms with van der Waals surface area (Å²) in [5.74, 6) is 1.72. The molecular weight excluding hydrogens is 438 g/mol. The molecule has 178 valence electrons. The molecule has 6 heteroatoms. The quantitative estimate of drug-likeness (QED) is 0.368. The zero-order valence-corrected chi connectivity index (χ0v) is 19.9. The first-order valence-electron chi connectivity index (χ1n) is 12.0. The number of rotatable bonds is 7. The second-order valence-electron chi connectivity index (χ2n) is 8.91. The van der Waals surface area contributed by atoms with Crippen LogP contribution in [0, 0.1) is 5.92 Å². The molecule has 0 saturated carbocycles. The molecule has 35 heavy (non-hydrogen) atoms. The molecule has 0 unspecified atom stereocenters. The maximum Gasteiger partial charge on any atom is 0.253 e. The van der Waals surface area contributed by atoms with Gasteiger partial charge in [0.15, 0.2) is 11.5 Å². The van der Waals surface area contributed by atoms with Crippen LogP contribution in [0.25, 0.3) is 10.9 Å². The Balaban J connectivity index is 1.20. The first-order chi connectivity index (χ1) is 17.2. The minimum Gasteiger partial charge on any atom is -0.493 e. The summed E-state index contributed by atoms with van der Waals surface area (Å²) in [6.45, 7) is 1.84. The number of likely N-dealkylation sites (tertiary alicyclic amines) is 1. The highest BCUT2D eigenvalue weighted by molar-refractivity contribution is 5.95. The number of fused-ring (bicyclic) bond motifs is 1. The lowest BCUT2D eigenvalue weighted by atomic mass is 9.89.